The van der Waals surface area contributed by atoms with Gasteiger partial charge in [0.2, 0.25) is 5.91 Å². The van der Waals surface area contributed by atoms with Crippen molar-refractivity contribution in [2.75, 3.05) is 26.9 Å². The van der Waals surface area contributed by atoms with Gasteiger partial charge in [0.1, 0.15) is 11.8 Å². The summed E-state index contributed by atoms with van der Waals surface area (Å²) in [6.45, 7) is 3.20. The minimum atomic E-state index is -0.651. The van der Waals surface area contributed by atoms with Crippen LogP contribution >= 0.6 is 0 Å². The van der Waals surface area contributed by atoms with Gasteiger partial charge in [-0.15, -0.1) is 0 Å². The fourth-order valence-electron chi connectivity index (χ4n) is 4.09. The first-order valence-corrected chi connectivity index (χ1v) is 9.94. The van der Waals surface area contributed by atoms with Gasteiger partial charge >= 0.3 is 0 Å². The summed E-state index contributed by atoms with van der Waals surface area (Å²) in [6.07, 6.45) is 5.66. The fourth-order valence-corrected chi connectivity index (χ4v) is 4.09. The summed E-state index contributed by atoms with van der Waals surface area (Å²) in [6, 6.07) is 7.07. The molecule has 1 atom stereocenters. The average molecular weight is 374 g/mol. The molecule has 1 saturated heterocycles. The summed E-state index contributed by atoms with van der Waals surface area (Å²) in [5.74, 6) is -0.294. The van der Waals surface area contributed by atoms with Crippen molar-refractivity contribution in [1.29, 1.82) is 0 Å². The highest BCUT2D eigenvalue weighted by Gasteiger charge is 2.52. The van der Waals surface area contributed by atoms with E-state index in [0.29, 0.717) is 18.7 Å². The van der Waals surface area contributed by atoms with Crippen LogP contribution in [0.5, 0.6) is 0 Å². The van der Waals surface area contributed by atoms with Crippen LogP contribution in [-0.4, -0.2) is 55.3 Å². The van der Waals surface area contributed by atoms with Crippen LogP contribution in [0.15, 0.2) is 24.3 Å². The summed E-state index contributed by atoms with van der Waals surface area (Å²) in [5.41, 5.74) is 1.14. The Morgan fingerprint density at radius 1 is 1.22 bits per heavy atom. The van der Waals surface area contributed by atoms with E-state index >= 15 is 0 Å². The maximum Gasteiger partial charge on any atom is 0.256 e. The molecule has 1 aliphatic heterocycles. The molecule has 1 saturated carbocycles. The quantitative estimate of drug-likeness (QED) is 0.777. The van der Waals surface area contributed by atoms with Gasteiger partial charge < -0.3 is 14.8 Å². The molecule has 0 radical (unpaired) electrons. The minimum Gasteiger partial charge on any atom is -0.383 e. The molecule has 1 spiro atoms. The molecule has 2 amide bonds. The van der Waals surface area contributed by atoms with E-state index in [0.717, 1.165) is 38.5 Å². The summed E-state index contributed by atoms with van der Waals surface area (Å²) in [4.78, 5) is 27.9. The van der Waals surface area contributed by atoms with E-state index in [1.54, 1.807) is 12.0 Å². The number of amides is 2. The maximum atomic E-state index is 13.4. The van der Waals surface area contributed by atoms with Gasteiger partial charge in [0, 0.05) is 19.2 Å². The van der Waals surface area contributed by atoms with E-state index in [2.05, 4.69) is 12.2 Å². The van der Waals surface area contributed by atoms with Crippen LogP contribution in [0.25, 0.3) is 0 Å². The highest BCUT2D eigenvalue weighted by atomic mass is 16.5. The molecule has 1 heterocycles. The molecule has 1 unspecified atom stereocenters. The molecule has 1 aliphatic carbocycles. The summed E-state index contributed by atoms with van der Waals surface area (Å²) >= 11 is 0. The second-order valence-electron chi connectivity index (χ2n) is 7.34. The predicted octanol–water partition coefficient (Wildman–Crippen LogP) is 2.51. The number of nitrogens with one attached hydrogen (secondary N) is 1. The first-order chi connectivity index (χ1) is 13.1. The van der Waals surface area contributed by atoms with Crippen LogP contribution < -0.4 is 5.32 Å². The lowest BCUT2D eigenvalue weighted by Crippen LogP contribution is -2.56. The molecule has 2 fully saturated rings. The predicted molar refractivity (Wildman–Crippen MR) is 102 cm³/mol. The van der Waals surface area contributed by atoms with Crippen molar-refractivity contribution in [2.24, 2.45) is 0 Å². The van der Waals surface area contributed by atoms with Crippen LogP contribution in [0.2, 0.25) is 0 Å². The van der Waals surface area contributed by atoms with Crippen molar-refractivity contribution in [1.82, 2.24) is 10.2 Å². The van der Waals surface area contributed by atoms with Crippen molar-refractivity contribution >= 4 is 11.8 Å². The molecule has 2 aliphatic rings. The number of ether oxygens (including phenoxy) is 2. The first kappa shape index (κ1) is 19.8. The number of nitrogens with zero attached hydrogens (tertiary/aromatic N) is 1. The Morgan fingerprint density at radius 3 is 2.56 bits per heavy atom. The molecular weight excluding hydrogens is 344 g/mol. The van der Waals surface area contributed by atoms with Crippen molar-refractivity contribution in [2.45, 2.75) is 57.2 Å². The van der Waals surface area contributed by atoms with Gasteiger partial charge in [-0.05, 0) is 49.8 Å². The van der Waals surface area contributed by atoms with Crippen molar-refractivity contribution in [3.05, 3.63) is 35.4 Å². The van der Waals surface area contributed by atoms with E-state index in [9.17, 15) is 9.59 Å². The number of aryl methyl sites for hydroxylation is 1. The van der Waals surface area contributed by atoms with E-state index in [4.69, 9.17) is 9.47 Å². The van der Waals surface area contributed by atoms with Gasteiger partial charge in [-0.1, -0.05) is 25.5 Å². The Hall–Kier alpha value is -1.92. The third kappa shape index (κ3) is 4.17. The lowest BCUT2D eigenvalue weighted by Gasteiger charge is -2.41. The molecule has 0 bridgehead atoms. The Labute approximate surface area is 161 Å². The highest BCUT2D eigenvalue weighted by Crippen LogP contribution is 2.41. The number of carbonyl (C=O) groups is 2. The van der Waals surface area contributed by atoms with Crippen LogP contribution in [0.4, 0.5) is 0 Å². The average Bonchev–Trinajstić information content (AvgIpc) is 3.06. The van der Waals surface area contributed by atoms with Gasteiger partial charge in [-0.2, -0.15) is 0 Å². The Bertz CT molecular complexity index is 653. The Balaban J connectivity index is 1.85. The molecule has 148 valence electrons. The van der Waals surface area contributed by atoms with Crippen molar-refractivity contribution in [3.63, 3.8) is 0 Å². The van der Waals surface area contributed by atoms with E-state index in [1.807, 2.05) is 24.3 Å². The van der Waals surface area contributed by atoms with Crippen LogP contribution in [0, 0.1) is 0 Å². The third-order valence-corrected chi connectivity index (χ3v) is 5.63. The standard InChI is InChI=1S/C21H30N2O4/c1-3-16-7-9-17(10-8-16)20(25)23-18(19(24)22-13-14-26-2)15-27-21(23)11-5-4-6-12-21/h7-10,18H,3-6,11-15H2,1-2H3,(H,22,24). The number of hydrogen-bond acceptors (Lipinski definition) is 4. The highest BCUT2D eigenvalue weighted by molar-refractivity contribution is 5.98. The Kier molecular flexibility index (Phi) is 6.50. The molecule has 1 N–H and O–H groups in total. The SMILES string of the molecule is CCc1ccc(C(=O)N2C(C(=O)NCCOC)COC23CCCCC3)cc1. The topological polar surface area (TPSA) is 67.9 Å². The second-order valence-corrected chi connectivity index (χ2v) is 7.34. The zero-order chi connectivity index (χ0) is 19.3. The summed E-state index contributed by atoms with van der Waals surface area (Å²) < 4.78 is 11.1. The van der Waals surface area contributed by atoms with Crippen LogP contribution in [0.1, 0.15) is 54.9 Å². The first-order valence-electron chi connectivity index (χ1n) is 9.94. The summed E-state index contributed by atoms with van der Waals surface area (Å²) in [7, 11) is 1.59. The fraction of sp³-hybridized carbons (Fsp3) is 0.619. The molecule has 1 aromatic carbocycles. The number of benzene rings is 1. The molecule has 0 aromatic heterocycles. The summed E-state index contributed by atoms with van der Waals surface area (Å²) in [5, 5.41) is 2.86. The van der Waals surface area contributed by atoms with E-state index in [-0.39, 0.29) is 18.4 Å². The second kappa shape index (κ2) is 8.85. The largest absolute Gasteiger partial charge is 0.383 e. The molecule has 1 aromatic rings. The normalized spacial score (nSPS) is 21.4. The number of methoxy groups -OCH3 is 1. The van der Waals surface area contributed by atoms with Gasteiger partial charge in [0.25, 0.3) is 5.91 Å². The van der Waals surface area contributed by atoms with Gasteiger partial charge in [0.15, 0.2) is 0 Å². The monoisotopic (exact) mass is 374 g/mol. The van der Waals surface area contributed by atoms with Crippen molar-refractivity contribution in [3.8, 4) is 0 Å². The number of hydrogen-bond donors (Lipinski definition) is 1. The lowest BCUT2D eigenvalue weighted by molar-refractivity contribution is -0.127. The zero-order valence-corrected chi connectivity index (χ0v) is 16.3. The molecule has 3 rings (SSSR count). The van der Waals surface area contributed by atoms with E-state index in [1.165, 1.54) is 5.56 Å². The van der Waals surface area contributed by atoms with Crippen LogP contribution in [0.3, 0.4) is 0 Å². The molecular formula is C21H30N2O4. The van der Waals surface area contributed by atoms with E-state index < -0.39 is 11.8 Å². The van der Waals surface area contributed by atoms with Gasteiger partial charge in [-0.3, -0.25) is 14.5 Å². The Morgan fingerprint density at radius 2 is 1.93 bits per heavy atom. The van der Waals surface area contributed by atoms with Crippen molar-refractivity contribution < 1.29 is 19.1 Å². The smallest absolute Gasteiger partial charge is 0.256 e. The molecule has 27 heavy (non-hydrogen) atoms. The van der Waals surface area contributed by atoms with Gasteiger partial charge in [0.05, 0.1) is 13.2 Å². The van der Waals surface area contributed by atoms with Crippen LogP contribution in [-0.2, 0) is 20.7 Å². The molecule has 6 heteroatoms. The van der Waals surface area contributed by atoms with Gasteiger partial charge in [-0.25, -0.2) is 0 Å². The molecule has 6 nitrogen and oxygen atoms in total. The number of carbonyl (C=O) groups excluding carboxylic acids is 2. The third-order valence-electron chi connectivity index (χ3n) is 5.63. The maximum absolute atomic E-state index is 13.4. The zero-order valence-electron chi connectivity index (χ0n) is 16.3. The number of rotatable bonds is 6. The minimum absolute atomic E-state index is 0.121. The lowest BCUT2D eigenvalue weighted by atomic mass is 9.89.